The molecular weight excluding hydrogens is 344 g/mol. The van der Waals surface area contributed by atoms with Crippen molar-refractivity contribution in [1.82, 2.24) is 0 Å². The third kappa shape index (κ3) is 2.63. The fourth-order valence-corrected chi connectivity index (χ4v) is 4.61. The molecule has 2 aliphatic rings. The minimum Gasteiger partial charge on any atom is -0.463 e. The molecule has 0 N–H and O–H groups in total. The number of hydrogen-bond acceptors (Lipinski definition) is 5. The van der Waals surface area contributed by atoms with Crippen LogP contribution in [0, 0.1) is 6.92 Å². The predicted molar refractivity (Wildman–Crippen MR) is 105 cm³/mol. The number of esters is 1. The van der Waals surface area contributed by atoms with E-state index in [9.17, 15) is 4.79 Å². The molecular formula is C21H20N2O2S. The molecule has 4 rings (SSSR count). The lowest BCUT2D eigenvalue weighted by Gasteiger charge is -2.35. The minimum absolute atomic E-state index is 0.237. The first-order chi connectivity index (χ1) is 12.6. The van der Waals surface area contributed by atoms with Gasteiger partial charge in [0.1, 0.15) is 0 Å². The number of anilines is 1. The number of allylic oxidation sites excluding steroid dienone is 1. The maximum Gasteiger partial charge on any atom is 0.338 e. The lowest BCUT2D eigenvalue weighted by molar-refractivity contribution is -0.138. The Bertz CT molecular complexity index is 949. The van der Waals surface area contributed by atoms with Crippen molar-refractivity contribution in [3.05, 3.63) is 70.9 Å². The lowest BCUT2D eigenvalue weighted by atomic mass is 9.91. The standard InChI is InChI=1S/C21H20N2O2S/c1-4-25-20(24)18-14(3)22-21-23(16-11-7-8-12-17(16)26-21)19(18)15-10-6-5-9-13(15)2/h5-12,19H,4H2,1-3H3/t19-/m1/s1. The molecule has 4 nitrogen and oxygen atoms in total. The summed E-state index contributed by atoms with van der Waals surface area (Å²) in [4.78, 5) is 20.9. The van der Waals surface area contributed by atoms with Gasteiger partial charge in [-0.05, 0) is 55.8 Å². The zero-order valence-electron chi connectivity index (χ0n) is 15.0. The first-order valence-corrected chi connectivity index (χ1v) is 9.51. The topological polar surface area (TPSA) is 41.9 Å². The number of aliphatic imine (C=N–C) groups is 1. The number of hydrogen-bond donors (Lipinski definition) is 0. The highest BCUT2D eigenvalue weighted by atomic mass is 32.2. The summed E-state index contributed by atoms with van der Waals surface area (Å²) in [5, 5.41) is 0.907. The fraction of sp³-hybridized carbons (Fsp3) is 0.238. The lowest BCUT2D eigenvalue weighted by Crippen LogP contribution is -2.37. The van der Waals surface area contributed by atoms with E-state index < -0.39 is 0 Å². The number of carbonyl (C=O) groups excluding carboxylic acids is 1. The molecule has 1 atom stereocenters. The van der Waals surface area contributed by atoms with E-state index >= 15 is 0 Å². The van der Waals surface area contributed by atoms with Crippen molar-refractivity contribution >= 4 is 28.6 Å². The number of ether oxygens (including phenoxy) is 1. The maximum absolute atomic E-state index is 12.8. The summed E-state index contributed by atoms with van der Waals surface area (Å²) in [7, 11) is 0. The smallest absolute Gasteiger partial charge is 0.338 e. The Morgan fingerprint density at radius 3 is 2.65 bits per heavy atom. The summed E-state index contributed by atoms with van der Waals surface area (Å²) < 4.78 is 5.38. The van der Waals surface area contributed by atoms with Gasteiger partial charge in [-0.2, -0.15) is 0 Å². The number of para-hydroxylation sites is 1. The van der Waals surface area contributed by atoms with Crippen molar-refractivity contribution in [2.75, 3.05) is 11.5 Å². The first-order valence-electron chi connectivity index (χ1n) is 8.70. The average molecular weight is 364 g/mol. The Morgan fingerprint density at radius 1 is 1.15 bits per heavy atom. The van der Waals surface area contributed by atoms with E-state index in [1.165, 1.54) is 0 Å². The second kappa shape index (κ2) is 6.65. The number of carbonyl (C=O) groups is 1. The van der Waals surface area contributed by atoms with Crippen LogP contribution in [0.5, 0.6) is 0 Å². The van der Waals surface area contributed by atoms with Gasteiger partial charge >= 0.3 is 5.97 Å². The molecule has 2 aromatic carbocycles. The zero-order chi connectivity index (χ0) is 18.3. The molecule has 0 unspecified atom stereocenters. The van der Waals surface area contributed by atoms with Crippen molar-refractivity contribution in [2.24, 2.45) is 4.99 Å². The Morgan fingerprint density at radius 2 is 1.88 bits per heavy atom. The molecule has 132 valence electrons. The van der Waals surface area contributed by atoms with Crippen molar-refractivity contribution < 1.29 is 9.53 Å². The van der Waals surface area contributed by atoms with Crippen LogP contribution in [-0.2, 0) is 9.53 Å². The largest absolute Gasteiger partial charge is 0.463 e. The van der Waals surface area contributed by atoms with Crippen LogP contribution < -0.4 is 4.90 Å². The molecule has 0 radical (unpaired) electrons. The number of fused-ring (bicyclic) bond motifs is 3. The molecule has 0 fully saturated rings. The number of benzene rings is 2. The van der Waals surface area contributed by atoms with Gasteiger partial charge in [-0.1, -0.05) is 36.4 Å². The van der Waals surface area contributed by atoms with Crippen LogP contribution >= 0.6 is 11.8 Å². The van der Waals surface area contributed by atoms with E-state index in [1.54, 1.807) is 11.8 Å². The van der Waals surface area contributed by atoms with E-state index in [-0.39, 0.29) is 12.0 Å². The third-order valence-electron chi connectivity index (χ3n) is 4.70. The van der Waals surface area contributed by atoms with Gasteiger partial charge in [-0.25, -0.2) is 9.79 Å². The van der Waals surface area contributed by atoms with E-state index in [2.05, 4.69) is 36.1 Å². The van der Waals surface area contributed by atoms with Crippen molar-refractivity contribution in [1.29, 1.82) is 0 Å². The second-order valence-corrected chi connectivity index (χ2v) is 7.32. The Hall–Kier alpha value is -2.53. The molecule has 5 heteroatoms. The molecule has 0 aromatic heterocycles. The van der Waals surface area contributed by atoms with Crippen LogP contribution in [0.15, 0.2) is 69.7 Å². The molecule has 0 amide bonds. The first kappa shape index (κ1) is 16.9. The molecule has 0 spiro atoms. The summed E-state index contributed by atoms with van der Waals surface area (Å²) in [6, 6.07) is 16.2. The van der Waals surface area contributed by atoms with Gasteiger partial charge in [0, 0.05) is 4.90 Å². The van der Waals surface area contributed by atoms with E-state index in [0.29, 0.717) is 12.2 Å². The summed E-state index contributed by atoms with van der Waals surface area (Å²) in [6.07, 6.45) is 0. The molecule has 0 bridgehead atoms. The normalized spacial score (nSPS) is 18.3. The summed E-state index contributed by atoms with van der Waals surface area (Å²) in [5.41, 5.74) is 4.66. The van der Waals surface area contributed by atoms with E-state index in [4.69, 9.17) is 9.73 Å². The third-order valence-corrected chi connectivity index (χ3v) is 5.73. The molecule has 2 aliphatic heterocycles. The molecule has 0 saturated carbocycles. The minimum atomic E-state index is -0.296. The average Bonchev–Trinajstić information content (AvgIpc) is 2.99. The van der Waals surface area contributed by atoms with Crippen molar-refractivity contribution in [3.8, 4) is 0 Å². The Labute approximate surface area is 157 Å². The van der Waals surface area contributed by atoms with Gasteiger partial charge in [0.2, 0.25) is 0 Å². The van der Waals surface area contributed by atoms with Crippen LogP contribution in [0.3, 0.4) is 0 Å². The van der Waals surface area contributed by atoms with Gasteiger partial charge in [0.05, 0.1) is 29.6 Å². The van der Waals surface area contributed by atoms with Crippen molar-refractivity contribution in [3.63, 3.8) is 0 Å². The van der Waals surface area contributed by atoms with Gasteiger partial charge in [-0.15, -0.1) is 0 Å². The SMILES string of the molecule is CCOC(=O)C1=C(C)N=C2Sc3ccccc3N2[C@@H]1c1ccccc1C. The molecule has 26 heavy (non-hydrogen) atoms. The number of amidine groups is 1. The van der Waals surface area contributed by atoms with E-state index in [1.807, 2.05) is 38.1 Å². The zero-order valence-corrected chi connectivity index (χ0v) is 15.8. The van der Waals surface area contributed by atoms with Crippen LogP contribution in [0.25, 0.3) is 0 Å². The fourth-order valence-electron chi connectivity index (χ4n) is 3.51. The molecule has 0 aliphatic carbocycles. The van der Waals surface area contributed by atoms with Crippen LogP contribution in [0.1, 0.15) is 31.0 Å². The second-order valence-electron chi connectivity index (χ2n) is 6.31. The molecule has 0 saturated heterocycles. The summed E-state index contributed by atoms with van der Waals surface area (Å²) in [6.45, 7) is 6.15. The van der Waals surface area contributed by atoms with Crippen LogP contribution in [0.4, 0.5) is 5.69 Å². The Balaban J connectivity index is 1.93. The number of thioether (sulfide) groups is 1. The summed E-state index contributed by atoms with van der Waals surface area (Å²) in [5.74, 6) is -0.296. The van der Waals surface area contributed by atoms with Gasteiger partial charge < -0.3 is 9.64 Å². The highest BCUT2D eigenvalue weighted by Crippen LogP contribution is 2.50. The Kier molecular flexibility index (Phi) is 4.32. The highest BCUT2D eigenvalue weighted by molar-refractivity contribution is 8.14. The van der Waals surface area contributed by atoms with E-state index in [0.717, 1.165) is 32.6 Å². The maximum atomic E-state index is 12.8. The predicted octanol–water partition coefficient (Wildman–Crippen LogP) is 4.86. The quantitative estimate of drug-likeness (QED) is 0.730. The van der Waals surface area contributed by atoms with Crippen LogP contribution in [-0.4, -0.2) is 17.7 Å². The van der Waals surface area contributed by atoms with Gasteiger partial charge in [0.15, 0.2) is 5.17 Å². The number of aryl methyl sites for hydroxylation is 1. The number of rotatable bonds is 3. The highest BCUT2D eigenvalue weighted by Gasteiger charge is 2.42. The molecule has 2 aromatic rings. The van der Waals surface area contributed by atoms with Gasteiger partial charge in [0.25, 0.3) is 0 Å². The van der Waals surface area contributed by atoms with Crippen molar-refractivity contribution in [2.45, 2.75) is 31.7 Å². The van der Waals surface area contributed by atoms with Gasteiger partial charge in [-0.3, -0.25) is 0 Å². The molecule has 2 heterocycles. The summed E-state index contributed by atoms with van der Waals surface area (Å²) >= 11 is 1.64. The monoisotopic (exact) mass is 364 g/mol. The van der Waals surface area contributed by atoms with Crippen LogP contribution in [0.2, 0.25) is 0 Å². The number of nitrogens with zero attached hydrogens (tertiary/aromatic N) is 2.